The van der Waals surface area contributed by atoms with Gasteiger partial charge in [-0.05, 0) is 18.4 Å². The fourth-order valence-corrected chi connectivity index (χ4v) is 0.812. The lowest BCUT2D eigenvalue weighted by molar-refractivity contribution is 0.761. The number of hydrazine groups is 1. The monoisotopic (exact) mass is 125 g/mol. The fourth-order valence-electron chi connectivity index (χ4n) is 0.812. The van der Waals surface area contributed by atoms with E-state index in [-0.39, 0.29) is 0 Å². The van der Waals surface area contributed by atoms with Crippen LogP contribution in [0, 0.1) is 0 Å². The molecule has 0 spiro atoms. The Balaban J connectivity index is 2.38. The molecule has 1 rings (SSSR count). The van der Waals surface area contributed by atoms with Crippen LogP contribution in [-0.4, -0.2) is 12.8 Å². The largest absolute Gasteiger partial charge is 0.271 e. The van der Waals surface area contributed by atoms with Crippen LogP contribution in [0.4, 0.5) is 0 Å². The lowest BCUT2D eigenvalue weighted by Gasteiger charge is -2.05. The van der Waals surface area contributed by atoms with Crippen molar-refractivity contribution in [3.63, 3.8) is 0 Å². The van der Waals surface area contributed by atoms with Gasteiger partial charge in [0.15, 0.2) is 0 Å². The molecule has 0 aromatic rings. The predicted molar refractivity (Wildman–Crippen MR) is 38.0 cm³/mol. The molecule has 3 nitrogen and oxygen atoms in total. The van der Waals surface area contributed by atoms with E-state index in [4.69, 9.17) is 5.84 Å². The lowest BCUT2D eigenvalue weighted by atomic mass is 10.1. The Kier molecular flexibility index (Phi) is 2.42. The second kappa shape index (κ2) is 3.37. The average Bonchev–Trinajstić information content (AvgIpc) is 1.91. The van der Waals surface area contributed by atoms with Crippen molar-refractivity contribution in [3.8, 4) is 0 Å². The van der Waals surface area contributed by atoms with Crippen molar-refractivity contribution in [2.75, 3.05) is 6.54 Å². The van der Waals surface area contributed by atoms with Gasteiger partial charge in [0.2, 0.25) is 0 Å². The van der Waals surface area contributed by atoms with Crippen molar-refractivity contribution < 1.29 is 0 Å². The Morgan fingerprint density at radius 3 is 3.22 bits per heavy atom. The van der Waals surface area contributed by atoms with Gasteiger partial charge in [-0.3, -0.25) is 16.3 Å². The van der Waals surface area contributed by atoms with Crippen LogP contribution < -0.4 is 11.3 Å². The molecule has 0 amide bonds. The summed E-state index contributed by atoms with van der Waals surface area (Å²) < 4.78 is 0. The molecule has 1 heterocycles. The Hall–Kier alpha value is -0.670. The molecule has 3 N–H and O–H groups in total. The smallest absolute Gasteiger partial charge is 0.0326 e. The second-order valence-corrected chi connectivity index (χ2v) is 2.04. The first kappa shape index (κ1) is 6.45. The molecule has 1 aliphatic heterocycles. The van der Waals surface area contributed by atoms with E-state index in [1.54, 1.807) is 0 Å². The molecule has 3 heteroatoms. The number of hydrogen-bond donors (Lipinski definition) is 2. The fraction of sp³-hybridized carbons (Fsp3) is 0.500. The highest BCUT2D eigenvalue weighted by Gasteiger charge is 1.96. The molecule has 0 saturated carbocycles. The maximum Gasteiger partial charge on any atom is 0.0326 e. The topological polar surface area (TPSA) is 50.4 Å². The van der Waals surface area contributed by atoms with Crippen molar-refractivity contribution in [3.05, 3.63) is 11.8 Å². The van der Waals surface area contributed by atoms with Crippen LogP contribution in [0.3, 0.4) is 0 Å². The normalized spacial score (nSPS) is 17.7. The minimum absolute atomic E-state index is 0.761. The van der Waals surface area contributed by atoms with E-state index < -0.39 is 0 Å². The average molecular weight is 125 g/mol. The number of nitrogens with zero attached hydrogens (tertiary/aromatic N) is 1. The molecule has 0 aliphatic carbocycles. The van der Waals surface area contributed by atoms with Gasteiger partial charge in [-0.15, -0.1) is 0 Å². The summed E-state index contributed by atoms with van der Waals surface area (Å²) in [6, 6.07) is 0. The predicted octanol–water partition coefficient (Wildman–Crippen LogP) is 0.198. The zero-order valence-corrected chi connectivity index (χ0v) is 5.30. The Labute approximate surface area is 54.6 Å². The molecule has 0 bridgehead atoms. The van der Waals surface area contributed by atoms with Crippen LogP contribution in [0.25, 0.3) is 0 Å². The first-order valence-electron chi connectivity index (χ1n) is 3.06. The molecule has 0 radical (unpaired) electrons. The maximum atomic E-state index is 5.12. The summed E-state index contributed by atoms with van der Waals surface area (Å²) in [5.74, 6) is 5.12. The van der Waals surface area contributed by atoms with Crippen molar-refractivity contribution in [1.29, 1.82) is 0 Å². The molecular weight excluding hydrogens is 114 g/mol. The number of nitrogens with one attached hydrogen (secondary N) is 1. The SMILES string of the molecule is NNCC1=CN=CCC1. The Morgan fingerprint density at radius 2 is 2.67 bits per heavy atom. The van der Waals surface area contributed by atoms with Crippen LogP contribution in [0.1, 0.15) is 12.8 Å². The highest BCUT2D eigenvalue weighted by Crippen LogP contribution is 2.06. The molecular formula is C6H11N3. The Bertz CT molecular complexity index is 137. The van der Waals surface area contributed by atoms with Gasteiger partial charge in [0.25, 0.3) is 0 Å². The number of hydrogen-bond acceptors (Lipinski definition) is 3. The minimum atomic E-state index is 0.761. The lowest BCUT2D eigenvalue weighted by Crippen LogP contribution is -2.24. The van der Waals surface area contributed by atoms with Gasteiger partial charge in [-0.1, -0.05) is 0 Å². The first-order chi connectivity index (χ1) is 4.43. The van der Waals surface area contributed by atoms with Crippen molar-refractivity contribution in [2.24, 2.45) is 10.8 Å². The van der Waals surface area contributed by atoms with Gasteiger partial charge in [0.1, 0.15) is 0 Å². The number of rotatable bonds is 2. The molecule has 9 heavy (non-hydrogen) atoms. The molecule has 0 atom stereocenters. The molecule has 0 unspecified atom stereocenters. The van der Waals surface area contributed by atoms with Gasteiger partial charge < -0.3 is 0 Å². The van der Waals surface area contributed by atoms with Crippen LogP contribution in [0.15, 0.2) is 16.8 Å². The Morgan fingerprint density at radius 1 is 1.78 bits per heavy atom. The van der Waals surface area contributed by atoms with E-state index in [1.165, 1.54) is 5.57 Å². The summed E-state index contributed by atoms with van der Waals surface area (Å²) >= 11 is 0. The summed E-state index contributed by atoms with van der Waals surface area (Å²) in [6.45, 7) is 0.761. The molecule has 1 aliphatic rings. The van der Waals surface area contributed by atoms with Crippen molar-refractivity contribution in [2.45, 2.75) is 12.8 Å². The van der Waals surface area contributed by atoms with E-state index in [2.05, 4.69) is 10.4 Å². The van der Waals surface area contributed by atoms with Crippen LogP contribution in [0.5, 0.6) is 0 Å². The zero-order valence-electron chi connectivity index (χ0n) is 5.30. The van der Waals surface area contributed by atoms with E-state index >= 15 is 0 Å². The highest BCUT2D eigenvalue weighted by atomic mass is 15.2. The van der Waals surface area contributed by atoms with E-state index in [0.29, 0.717) is 0 Å². The van der Waals surface area contributed by atoms with E-state index in [0.717, 1.165) is 19.4 Å². The van der Waals surface area contributed by atoms with Crippen molar-refractivity contribution in [1.82, 2.24) is 5.43 Å². The van der Waals surface area contributed by atoms with Gasteiger partial charge >= 0.3 is 0 Å². The molecule has 0 aromatic heterocycles. The summed E-state index contributed by atoms with van der Waals surface area (Å²) in [5, 5.41) is 0. The highest BCUT2D eigenvalue weighted by molar-refractivity contribution is 5.60. The van der Waals surface area contributed by atoms with E-state index in [1.807, 2.05) is 12.4 Å². The second-order valence-electron chi connectivity index (χ2n) is 2.04. The molecule has 0 fully saturated rings. The minimum Gasteiger partial charge on any atom is -0.271 e. The third-order valence-electron chi connectivity index (χ3n) is 1.29. The zero-order chi connectivity index (χ0) is 6.53. The summed E-state index contributed by atoms with van der Waals surface area (Å²) in [4.78, 5) is 3.99. The number of aliphatic imine (C=N–C) groups is 1. The third-order valence-corrected chi connectivity index (χ3v) is 1.29. The van der Waals surface area contributed by atoms with Crippen molar-refractivity contribution >= 4 is 6.21 Å². The van der Waals surface area contributed by atoms with Gasteiger partial charge in [0.05, 0.1) is 0 Å². The quantitative estimate of drug-likeness (QED) is 0.409. The number of nitrogens with two attached hydrogens (primary N) is 1. The molecule has 0 aromatic carbocycles. The summed E-state index contributed by atoms with van der Waals surface area (Å²) in [7, 11) is 0. The van der Waals surface area contributed by atoms with Gasteiger partial charge in [-0.25, -0.2) is 0 Å². The van der Waals surface area contributed by atoms with E-state index in [9.17, 15) is 0 Å². The first-order valence-corrected chi connectivity index (χ1v) is 3.06. The van der Waals surface area contributed by atoms with Gasteiger partial charge in [0, 0.05) is 19.0 Å². The summed E-state index contributed by atoms with van der Waals surface area (Å²) in [5.41, 5.74) is 3.87. The summed E-state index contributed by atoms with van der Waals surface area (Å²) in [6.07, 6.45) is 5.92. The maximum absolute atomic E-state index is 5.12. The van der Waals surface area contributed by atoms with Crippen LogP contribution in [0.2, 0.25) is 0 Å². The van der Waals surface area contributed by atoms with Crippen LogP contribution >= 0.6 is 0 Å². The standard InChI is InChI=1S/C6H11N3/c7-9-5-6-2-1-3-8-4-6/h3-4,9H,1-2,5,7H2. The third kappa shape index (κ3) is 1.95. The van der Waals surface area contributed by atoms with Crippen LogP contribution in [-0.2, 0) is 0 Å². The molecule has 50 valence electrons. The molecule has 0 saturated heterocycles. The van der Waals surface area contributed by atoms with Gasteiger partial charge in [-0.2, -0.15) is 0 Å².